The first kappa shape index (κ1) is 20.2. The van der Waals surface area contributed by atoms with Gasteiger partial charge in [-0.25, -0.2) is 9.59 Å². The standard InChI is InChI=1S/C20H30O4/c1-6-8-13-20(4,5)14(3)17(7-2)24-19(23)16-11-9-15(10-12-16)18(21)22/h9-12,14,17H,6-8,13H2,1-5H3,(H,21,22). The van der Waals surface area contributed by atoms with Crippen LogP contribution in [-0.4, -0.2) is 23.1 Å². The van der Waals surface area contributed by atoms with Gasteiger partial charge in [0, 0.05) is 0 Å². The van der Waals surface area contributed by atoms with Crippen molar-refractivity contribution in [3.63, 3.8) is 0 Å². The van der Waals surface area contributed by atoms with Crippen molar-refractivity contribution in [2.75, 3.05) is 0 Å². The second kappa shape index (κ2) is 8.86. The Morgan fingerprint density at radius 1 is 1.12 bits per heavy atom. The summed E-state index contributed by atoms with van der Waals surface area (Å²) in [5, 5.41) is 8.91. The lowest BCUT2D eigenvalue weighted by Crippen LogP contribution is -2.35. The van der Waals surface area contributed by atoms with Crippen LogP contribution in [0.5, 0.6) is 0 Å². The molecule has 2 atom stereocenters. The molecule has 1 aromatic carbocycles. The van der Waals surface area contributed by atoms with Crippen LogP contribution in [0.1, 0.15) is 81.0 Å². The summed E-state index contributed by atoms with van der Waals surface area (Å²) in [7, 11) is 0. The lowest BCUT2D eigenvalue weighted by atomic mass is 9.73. The molecule has 0 bridgehead atoms. The second-order valence-corrected chi connectivity index (χ2v) is 7.12. The molecule has 0 spiro atoms. The number of carbonyl (C=O) groups is 2. The van der Waals surface area contributed by atoms with E-state index < -0.39 is 11.9 Å². The number of carboxylic acids is 1. The van der Waals surface area contributed by atoms with Crippen LogP contribution in [0.4, 0.5) is 0 Å². The predicted molar refractivity (Wildman–Crippen MR) is 95.4 cm³/mol. The van der Waals surface area contributed by atoms with Gasteiger partial charge in [-0.05, 0) is 48.4 Å². The van der Waals surface area contributed by atoms with Crippen LogP contribution in [0.3, 0.4) is 0 Å². The molecule has 0 amide bonds. The maximum absolute atomic E-state index is 12.4. The summed E-state index contributed by atoms with van der Waals surface area (Å²) in [5.41, 5.74) is 0.647. The van der Waals surface area contributed by atoms with Crippen molar-refractivity contribution in [1.82, 2.24) is 0 Å². The van der Waals surface area contributed by atoms with Crippen LogP contribution in [0.15, 0.2) is 24.3 Å². The molecule has 0 saturated carbocycles. The Morgan fingerprint density at radius 2 is 1.67 bits per heavy atom. The summed E-state index contributed by atoms with van der Waals surface area (Å²) in [5.74, 6) is -1.15. The van der Waals surface area contributed by atoms with Crippen LogP contribution in [0.25, 0.3) is 0 Å². The van der Waals surface area contributed by atoms with Gasteiger partial charge in [-0.2, -0.15) is 0 Å². The lowest BCUT2D eigenvalue weighted by Gasteiger charge is -2.36. The average molecular weight is 334 g/mol. The molecule has 0 aliphatic rings. The van der Waals surface area contributed by atoms with Crippen molar-refractivity contribution < 1.29 is 19.4 Å². The van der Waals surface area contributed by atoms with Crippen LogP contribution < -0.4 is 0 Å². The quantitative estimate of drug-likeness (QED) is 0.633. The first-order valence-electron chi connectivity index (χ1n) is 8.77. The minimum atomic E-state index is -1.01. The van der Waals surface area contributed by atoms with Gasteiger partial charge < -0.3 is 9.84 Å². The normalized spacial score (nSPS) is 14.0. The Labute approximate surface area is 145 Å². The van der Waals surface area contributed by atoms with Gasteiger partial charge in [0.25, 0.3) is 0 Å². The number of esters is 1. The Morgan fingerprint density at radius 3 is 2.12 bits per heavy atom. The first-order valence-corrected chi connectivity index (χ1v) is 8.77. The monoisotopic (exact) mass is 334 g/mol. The number of aromatic carboxylic acids is 1. The summed E-state index contributed by atoms with van der Waals surface area (Å²) in [6, 6.07) is 5.86. The highest BCUT2D eigenvalue weighted by molar-refractivity contribution is 5.92. The molecule has 0 aliphatic heterocycles. The lowest BCUT2D eigenvalue weighted by molar-refractivity contribution is -0.00975. The molecule has 4 nitrogen and oxygen atoms in total. The predicted octanol–water partition coefficient (Wildman–Crippen LogP) is 5.17. The van der Waals surface area contributed by atoms with Gasteiger partial charge >= 0.3 is 11.9 Å². The fraction of sp³-hybridized carbons (Fsp3) is 0.600. The highest BCUT2D eigenvalue weighted by atomic mass is 16.5. The van der Waals surface area contributed by atoms with Gasteiger partial charge in [0.1, 0.15) is 6.10 Å². The van der Waals surface area contributed by atoms with E-state index >= 15 is 0 Å². The molecular formula is C20H30O4. The number of benzene rings is 1. The minimum absolute atomic E-state index is 0.101. The summed E-state index contributed by atoms with van der Waals surface area (Å²) in [6.45, 7) is 10.8. The Kier molecular flexibility index (Phi) is 7.46. The highest BCUT2D eigenvalue weighted by Crippen LogP contribution is 2.36. The zero-order valence-electron chi connectivity index (χ0n) is 15.5. The third-order valence-electron chi connectivity index (χ3n) is 4.99. The van der Waals surface area contributed by atoms with E-state index in [4.69, 9.17) is 9.84 Å². The largest absolute Gasteiger partial charge is 0.478 e. The van der Waals surface area contributed by atoms with Gasteiger partial charge in [-0.15, -0.1) is 0 Å². The topological polar surface area (TPSA) is 63.6 Å². The molecule has 0 saturated heterocycles. The van der Waals surface area contributed by atoms with E-state index in [1.807, 2.05) is 6.92 Å². The number of hydrogen-bond donors (Lipinski definition) is 1. The van der Waals surface area contributed by atoms with Crippen LogP contribution in [-0.2, 0) is 4.74 Å². The molecule has 0 aliphatic carbocycles. The van der Waals surface area contributed by atoms with E-state index in [-0.39, 0.29) is 23.0 Å². The second-order valence-electron chi connectivity index (χ2n) is 7.12. The van der Waals surface area contributed by atoms with E-state index in [2.05, 4.69) is 27.7 Å². The van der Waals surface area contributed by atoms with Crippen LogP contribution in [0.2, 0.25) is 0 Å². The average Bonchev–Trinajstić information content (AvgIpc) is 2.57. The number of hydrogen-bond acceptors (Lipinski definition) is 3. The molecule has 0 aromatic heterocycles. The van der Waals surface area contributed by atoms with Crippen molar-refractivity contribution in [3.8, 4) is 0 Å². The molecule has 1 N–H and O–H groups in total. The molecule has 4 heteroatoms. The van der Waals surface area contributed by atoms with Gasteiger partial charge in [-0.1, -0.05) is 47.5 Å². The Hall–Kier alpha value is -1.84. The third kappa shape index (κ3) is 5.36. The van der Waals surface area contributed by atoms with Crippen molar-refractivity contribution in [2.24, 2.45) is 11.3 Å². The molecule has 0 radical (unpaired) electrons. The zero-order valence-corrected chi connectivity index (χ0v) is 15.5. The van der Waals surface area contributed by atoms with Gasteiger partial charge in [0.2, 0.25) is 0 Å². The molecular weight excluding hydrogens is 304 g/mol. The molecule has 0 heterocycles. The number of rotatable bonds is 9. The van der Waals surface area contributed by atoms with Crippen molar-refractivity contribution in [1.29, 1.82) is 0 Å². The fourth-order valence-corrected chi connectivity index (χ4v) is 2.86. The summed E-state index contributed by atoms with van der Waals surface area (Å²) in [6.07, 6.45) is 4.03. The fourth-order valence-electron chi connectivity index (χ4n) is 2.86. The van der Waals surface area contributed by atoms with Gasteiger partial charge in [-0.3, -0.25) is 0 Å². The number of ether oxygens (including phenoxy) is 1. The number of carboxylic acid groups (broad SMARTS) is 1. The van der Waals surface area contributed by atoms with Crippen molar-refractivity contribution in [2.45, 2.75) is 66.4 Å². The van der Waals surface area contributed by atoms with Crippen LogP contribution in [0, 0.1) is 11.3 Å². The molecule has 2 unspecified atom stereocenters. The zero-order chi connectivity index (χ0) is 18.3. The maximum Gasteiger partial charge on any atom is 0.338 e. The van der Waals surface area contributed by atoms with E-state index in [1.54, 1.807) is 0 Å². The number of unbranched alkanes of at least 4 members (excludes halogenated alkanes) is 1. The molecule has 0 fully saturated rings. The smallest absolute Gasteiger partial charge is 0.338 e. The SMILES string of the molecule is CCCCC(C)(C)C(C)C(CC)OC(=O)c1ccc(C(=O)O)cc1. The van der Waals surface area contributed by atoms with Crippen molar-refractivity contribution in [3.05, 3.63) is 35.4 Å². The van der Waals surface area contributed by atoms with E-state index in [9.17, 15) is 9.59 Å². The number of carbonyl (C=O) groups excluding carboxylic acids is 1. The summed E-state index contributed by atoms with van der Waals surface area (Å²) < 4.78 is 5.73. The van der Waals surface area contributed by atoms with Crippen molar-refractivity contribution >= 4 is 11.9 Å². The highest BCUT2D eigenvalue weighted by Gasteiger charge is 2.33. The molecule has 24 heavy (non-hydrogen) atoms. The molecule has 1 aromatic rings. The van der Waals surface area contributed by atoms with Gasteiger partial charge in [0.05, 0.1) is 11.1 Å². The summed E-state index contributed by atoms with van der Waals surface area (Å²) >= 11 is 0. The van der Waals surface area contributed by atoms with Crippen LogP contribution >= 0.6 is 0 Å². The summed E-state index contributed by atoms with van der Waals surface area (Å²) in [4.78, 5) is 23.2. The maximum atomic E-state index is 12.4. The molecule has 134 valence electrons. The van der Waals surface area contributed by atoms with E-state index in [0.29, 0.717) is 5.56 Å². The van der Waals surface area contributed by atoms with E-state index in [0.717, 1.165) is 19.3 Å². The Bertz CT molecular complexity index is 545. The minimum Gasteiger partial charge on any atom is -0.478 e. The first-order chi connectivity index (χ1) is 11.2. The van der Waals surface area contributed by atoms with Gasteiger partial charge in [0.15, 0.2) is 0 Å². The van der Waals surface area contributed by atoms with E-state index in [1.165, 1.54) is 30.7 Å². The Balaban J connectivity index is 2.79. The molecule has 1 rings (SSSR count). The third-order valence-corrected chi connectivity index (χ3v) is 4.99.